The summed E-state index contributed by atoms with van der Waals surface area (Å²) in [6.07, 6.45) is -2.78. The number of carbonyl (C=O) groups excluding carboxylic acids is 1. The Hall–Kier alpha value is -2.34. The molecule has 3 nitrogen and oxygen atoms in total. The third-order valence-corrected chi connectivity index (χ3v) is 4.58. The number of likely N-dealkylation sites (tertiary alicyclic amines) is 1. The molecule has 1 fully saturated rings. The smallest absolute Gasteiger partial charge is 0.326 e. The molecule has 0 aromatic heterocycles. The Labute approximate surface area is 150 Å². The molecule has 6 heteroatoms. The number of halogens is 3. The highest BCUT2D eigenvalue weighted by Gasteiger charge is 2.31. The summed E-state index contributed by atoms with van der Waals surface area (Å²) < 4.78 is 38.4. The van der Waals surface area contributed by atoms with Crippen LogP contribution < -0.4 is 5.32 Å². The molecule has 3 rings (SSSR count). The van der Waals surface area contributed by atoms with Crippen LogP contribution in [0.5, 0.6) is 0 Å². The normalized spacial score (nSPS) is 18.5. The number of nitrogens with one attached hydrogen (secondary N) is 1. The highest BCUT2D eigenvalue weighted by molar-refractivity contribution is 5.92. The van der Waals surface area contributed by atoms with Crippen molar-refractivity contribution in [2.24, 2.45) is 5.92 Å². The van der Waals surface area contributed by atoms with Gasteiger partial charge in [0.15, 0.2) is 0 Å². The van der Waals surface area contributed by atoms with E-state index in [1.54, 1.807) is 0 Å². The maximum absolute atomic E-state index is 12.8. The van der Waals surface area contributed by atoms with E-state index in [0.717, 1.165) is 38.1 Å². The zero-order chi connectivity index (χ0) is 18.6. The van der Waals surface area contributed by atoms with E-state index in [9.17, 15) is 18.0 Å². The molecule has 0 spiro atoms. The highest BCUT2D eigenvalue weighted by atomic mass is 19.4. The van der Waals surface area contributed by atoms with Crippen LogP contribution in [0.2, 0.25) is 0 Å². The topological polar surface area (TPSA) is 32.3 Å². The fourth-order valence-electron chi connectivity index (χ4n) is 3.27. The zero-order valence-electron chi connectivity index (χ0n) is 14.3. The number of alkyl halides is 3. The maximum Gasteiger partial charge on any atom is 0.416 e. The van der Waals surface area contributed by atoms with E-state index in [0.29, 0.717) is 6.54 Å². The number of carbonyl (C=O) groups is 1. The van der Waals surface area contributed by atoms with E-state index in [1.165, 1.54) is 17.7 Å². The van der Waals surface area contributed by atoms with Crippen molar-refractivity contribution in [3.8, 4) is 0 Å². The van der Waals surface area contributed by atoms with Crippen LogP contribution in [0.4, 0.5) is 18.9 Å². The first-order valence-electron chi connectivity index (χ1n) is 8.66. The fourth-order valence-corrected chi connectivity index (χ4v) is 3.27. The molecule has 138 valence electrons. The first-order valence-corrected chi connectivity index (χ1v) is 8.66. The third kappa shape index (κ3) is 4.85. The lowest BCUT2D eigenvalue weighted by Crippen LogP contribution is -2.40. The molecule has 0 bridgehead atoms. The van der Waals surface area contributed by atoms with Gasteiger partial charge in [0.1, 0.15) is 0 Å². The summed E-state index contributed by atoms with van der Waals surface area (Å²) in [5.74, 6) is -0.441. The van der Waals surface area contributed by atoms with Crippen molar-refractivity contribution in [3.63, 3.8) is 0 Å². The minimum Gasteiger partial charge on any atom is -0.326 e. The molecule has 1 atom stereocenters. The lowest BCUT2D eigenvalue weighted by Gasteiger charge is -2.32. The fraction of sp³-hybridized carbons (Fsp3) is 0.350. The minimum atomic E-state index is -4.42. The van der Waals surface area contributed by atoms with Gasteiger partial charge >= 0.3 is 6.18 Å². The summed E-state index contributed by atoms with van der Waals surface area (Å²) in [5, 5.41) is 2.64. The molecule has 2 aromatic rings. The minimum absolute atomic E-state index is 0.185. The van der Waals surface area contributed by atoms with Crippen LogP contribution in [0.3, 0.4) is 0 Å². The average Bonchev–Trinajstić information content (AvgIpc) is 2.62. The summed E-state index contributed by atoms with van der Waals surface area (Å²) in [5.41, 5.74) is 0.612. The summed E-state index contributed by atoms with van der Waals surface area (Å²) in [7, 11) is 0. The van der Waals surface area contributed by atoms with E-state index >= 15 is 0 Å². The standard InChI is InChI=1S/C20H21F3N2O/c21-20(22,23)17-9-4-10-18(12-17)24-19(26)16-8-5-11-25(14-16)13-15-6-2-1-3-7-15/h1-4,6-7,9-10,12,16H,5,8,11,13-14H2,(H,24,26)/t16-/m0/s1. The highest BCUT2D eigenvalue weighted by Crippen LogP contribution is 2.31. The van der Waals surface area contributed by atoms with Gasteiger partial charge in [0.05, 0.1) is 11.5 Å². The predicted molar refractivity (Wildman–Crippen MR) is 94.5 cm³/mol. The first-order chi connectivity index (χ1) is 12.4. The molecule has 0 aliphatic carbocycles. The Kier molecular flexibility index (Phi) is 5.61. The van der Waals surface area contributed by atoms with Gasteiger partial charge in [-0.25, -0.2) is 0 Å². The monoisotopic (exact) mass is 362 g/mol. The van der Waals surface area contributed by atoms with E-state index in [4.69, 9.17) is 0 Å². The SMILES string of the molecule is O=C(Nc1cccc(C(F)(F)F)c1)[C@H]1CCCN(Cc2ccccc2)C1. The van der Waals surface area contributed by atoms with Crippen molar-refractivity contribution in [3.05, 3.63) is 65.7 Å². The molecule has 0 radical (unpaired) electrons. The van der Waals surface area contributed by atoms with Gasteiger partial charge in [-0.15, -0.1) is 0 Å². The predicted octanol–water partition coefficient (Wildman–Crippen LogP) is 4.56. The molecule has 1 amide bonds. The Morgan fingerprint density at radius 2 is 1.88 bits per heavy atom. The summed E-state index contributed by atoms with van der Waals surface area (Å²) >= 11 is 0. The number of rotatable bonds is 4. The van der Waals surface area contributed by atoms with Crippen molar-refractivity contribution in [1.29, 1.82) is 0 Å². The van der Waals surface area contributed by atoms with Gasteiger partial charge in [-0.3, -0.25) is 9.69 Å². The van der Waals surface area contributed by atoms with Crippen molar-refractivity contribution < 1.29 is 18.0 Å². The second kappa shape index (κ2) is 7.91. The number of amides is 1. The van der Waals surface area contributed by atoms with Gasteiger partial charge in [0.2, 0.25) is 5.91 Å². The van der Waals surface area contributed by atoms with Crippen molar-refractivity contribution in [1.82, 2.24) is 4.90 Å². The van der Waals surface area contributed by atoms with Gasteiger partial charge in [-0.05, 0) is 43.1 Å². The van der Waals surface area contributed by atoms with Crippen LogP contribution >= 0.6 is 0 Å². The molecule has 0 saturated carbocycles. The van der Waals surface area contributed by atoms with E-state index < -0.39 is 11.7 Å². The van der Waals surface area contributed by atoms with Crippen molar-refractivity contribution in [2.75, 3.05) is 18.4 Å². The second-order valence-corrected chi connectivity index (χ2v) is 6.63. The van der Waals surface area contributed by atoms with Gasteiger partial charge in [-0.2, -0.15) is 13.2 Å². The molecule has 1 N–H and O–H groups in total. The Balaban J connectivity index is 1.61. The molecule has 1 aliphatic heterocycles. The van der Waals surface area contributed by atoms with E-state index in [2.05, 4.69) is 10.2 Å². The van der Waals surface area contributed by atoms with Crippen LogP contribution in [0.25, 0.3) is 0 Å². The molecule has 26 heavy (non-hydrogen) atoms. The first kappa shape index (κ1) is 18.5. The number of hydrogen-bond acceptors (Lipinski definition) is 2. The van der Waals surface area contributed by atoms with Crippen molar-refractivity contribution in [2.45, 2.75) is 25.6 Å². The lowest BCUT2D eigenvalue weighted by molar-refractivity contribution is -0.137. The molecule has 2 aromatic carbocycles. The number of benzene rings is 2. The van der Waals surface area contributed by atoms with Crippen LogP contribution in [0.1, 0.15) is 24.0 Å². The summed E-state index contributed by atoms with van der Waals surface area (Å²) in [4.78, 5) is 14.7. The maximum atomic E-state index is 12.8. The van der Waals surface area contributed by atoms with Gasteiger partial charge in [0.25, 0.3) is 0 Å². The Bertz CT molecular complexity index is 746. The molecular formula is C20H21F3N2O. The van der Waals surface area contributed by atoms with Crippen LogP contribution in [0, 0.1) is 5.92 Å². The lowest BCUT2D eigenvalue weighted by atomic mass is 9.96. The quantitative estimate of drug-likeness (QED) is 0.865. The number of hydrogen-bond donors (Lipinski definition) is 1. The summed E-state index contributed by atoms with van der Waals surface area (Å²) in [6, 6.07) is 14.8. The number of nitrogens with zero attached hydrogens (tertiary/aromatic N) is 1. The van der Waals surface area contributed by atoms with Crippen LogP contribution in [-0.2, 0) is 17.5 Å². The van der Waals surface area contributed by atoms with Gasteiger partial charge in [-0.1, -0.05) is 36.4 Å². The largest absolute Gasteiger partial charge is 0.416 e. The Morgan fingerprint density at radius 1 is 1.12 bits per heavy atom. The molecule has 1 saturated heterocycles. The molecule has 1 heterocycles. The average molecular weight is 362 g/mol. The Morgan fingerprint density at radius 3 is 2.62 bits per heavy atom. The third-order valence-electron chi connectivity index (χ3n) is 4.58. The van der Waals surface area contributed by atoms with Gasteiger partial charge < -0.3 is 5.32 Å². The molecular weight excluding hydrogens is 341 g/mol. The van der Waals surface area contributed by atoms with Crippen molar-refractivity contribution >= 4 is 11.6 Å². The zero-order valence-corrected chi connectivity index (χ0v) is 14.3. The van der Waals surface area contributed by atoms with Gasteiger partial charge in [0, 0.05) is 18.8 Å². The van der Waals surface area contributed by atoms with E-state index in [1.807, 2.05) is 30.3 Å². The summed E-state index contributed by atoms with van der Waals surface area (Å²) in [6.45, 7) is 2.30. The molecule has 0 unspecified atom stereocenters. The number of piperidine rings is 1. The molecule has 1 aliphatic rings. The number of anilines is 1. The second-order valence-electron chi connectivity index (χ2n) is 6.63. The van der Waals surface area contributed by atoms with E-state index in [-0.39, 0.29) is 17.5 Å². The van der Waals surface area contributed by atoms with Crippen LogP contribution in [0.15, 0.2) is 54.6 Å². The van der Waals surface area contributed by atoms with Crippen LogP contribution in [-0.4, -0.2) is 23.9 Å².